The summed E-state index contributed by atoms with van der Waals surface area (Å²) < 4.78 is 5.54. The van der Waals surface area contributed by atoms with Gasteiger partial charge in [-0.15, -0.1) is 11.3 Å². The number of ether oxygens (including phenoxy) is 1. The number of nitrogens with zero attached hydrogens (tertiary/aromatic N) is 1. The highest BCUT2D eigenvalue weighted by Crippen LogP contribution is 2.26. The Hall–Kier alpha value is -1.69. The van der Waals surface area contributed by atoms with E-state index in [0.29, 0.717) is 13.2 Å². The largest absolute Gasteiger partial charge is 0.376 e. The molecule has 1 aromatic heterocycles. The predicted molar refractivity (Wildman–Crippen MR) is 97.3 cm³/mol. The molecule has 1 saturated heterocycles. The van der Waals surface area contributed by atoms with Gasteiger partial charge in [0, 0.05) is 18.0 Å². The first-order chi connectivity index (χ1) is 11.6. The Bertz CT molecular complexity index is 655. The van der Waals surface area contributed by atoms with E-state index in [4.69, 9.17) is 4.74 Å². The molecule has 1 fully saturated rings. The van der Waals surface area contributed by atoms with Crippen molar-refractivity contribution in [2.24, 2.45) is 0 Å². The summed E-state index contributed by atoms with van der Waals surface area (Å²) in [5.74, 6) is 0.0584. The Morgan fingerprint density at radius 2 is 2.17 bits per heavy atom. The molecule has 128 valence electrons. The Balaban J connectivity index is 1.70. The molecule has 1 aliphatic rings. The van der Waals surface area contributed by atoms with E-state index >= 15 is 0 Å². The first-order valence-corrected chi connectivity index (χ1v) is 9.23. The molecule has 1 N–H and O–H groups in total. The Morgan fingerprint density at radius 1 is 1.38 bits per heavy atom. The summed E-state index contributed by atoms with van der Waals surface area (Å²) in [4.78, 5) is 15.9. The van der Waals surface area contributed by atoms with Gasteiger partial charge in [0.25, 0.3) is 0 Å². The SMILES string of the molecule is Cc1ccc(C(NC(=O)CN2CCOC(C)C2)c2cccs2)cc1. The van der Waals surface area contributed by atoms with E-state index in [1.807, 2.05) is 18.4 Å². The van der Waals surface area contributed by atoms with E-state index < -0.39 is 0 Å². The van der Waals surface area contributed by atoms with Gasteiger partial charge in [0.2, 0.25) is 5.91 Å². The fraction of sp³-hybridized carbons (Fsp3) is 0.421. The topological polar surface area (TPSA) is 41.6 Å². The van der Waals surface area contributed by atoms with E-state index in [9.17, 15) is 4.79 Å². The molecule has 0 saturated carbocycles. The molecule has 1 aromatic carbocycles. The Morgan fingerprint density at radius 3 is 2.83 bits per heavy atom. The van der Waals surface area contributed by atoms with Gasteiger partial charge < -0.3 is 10.1 Å². The van der Waals surface area contributed by atoms with Crippen LogP contribution in [0.3, 0.4) is 0 Å². The van der Waals surface area contributed by atoms with Crippen LogP contribution in [-0.2, 0) is 9.53 Å². The molecule has 0 spiro atoms. The van der Waals surface area contributed by atoms with Crippen LogP contribution in [-0.4, -0.2) is 43.2 Å². The van der Waals surface area contributed by atoms with Crippen LogP contribution < -0.4 is 5.32 Å². The predicted octanol–water partition coefficient (Wildman–Crippen LogP) is 2.98. The number of carbonyl (C=O) groups is 1. The normalized spacial score (nSPS) is 19.8. The van der Waals surface area contributed by atoms with Crippen molar-refractivity contribution >= 4 is 17.2 Å². The highest BCUT2D eigenvalue weighted by molar-refractivity contribution is 7.10. The summed E-state index contributed by atoms with van der Waals surface area (Å²) >= 11 is 1.67. The molecule has 24 heavy (non-hydrogen) atoms. The standard InChI is InChI=1S/C19H24N2O2S/c1-14-5-7-16(8-6-14)19(17-4-3-11-24-17)20-18(22)13-21-9-10-23-15(2)12-21/h3-8,11,15,19H,9-10,12-13H2,1-2H3,(H,20,22). The molecule has 3 rings (SSSR count). The van der Waals surface area contributed by atoms with Gasteiger partial charge in [0.05, 0.1) is 25.3 Å². The number of nitrogens with one attached hydrogen (secondary N) is 1. The van der Waals surface area contributed by atoms with Gasteiger partial charge in [0.1, 0.15) is 0 Å². The first-order valence-electron chi connectivity index (χ1n) is 8.35. The fourth-order valence-corrected chi connectivity index (χ4v) is 3.78. The second kappa shape index (κ2) is 7.92. The minimum Gasteiger partial charge on any atom is -0.376 e. The molecule has 2 atom stereocenters. The molecule has 2 unspecified atom stereocenters. The fourth-order valence-electron chi connectivity index (χ4n) is 2.98. The van der Waals surface area contributed by atoms with E-state index in [2.05, 4.69) is 47.5 Å². The Labute approximate surface area is 147 Å². The van der Waals surface area contributed by atoms with Crippen LogP contribution in [0.4, 0.5) is 0 Å². The van der Waals surface area contributed by atoms with Crippen LogP contribution in [0, 0.1) is 6.92 Å². The molecule has 2 heterocycles. The van der Waals surface area contributed by atoms with Gasteiger partial charge in [-0.05, 0) is 30.9 Å². The molecule has 0 bridgehead atoms. The quantitative estimate of drug-likeness (QED) is 0.907. The average molecular weight is 344 g/mol. The minimum atomic E-state index is -0.0865. The molecule has 2 aromatic rings. The number of rotatable bonds is 5. The summed E-state index contributed by atoms with van der Waals surface area (Å²) in [6.45, 7) is 6.85. The van der Waals surface area contributed by atoms with Gasteiger partial charge in [-0.25, -0.2) is 0 Å². The number of morpholine rings is 1. The van der Waals surface area contributed by atoms with Crippen molar-refractivity contribution in [3.8, 4) is 0 Å². The summed E-state index contributed by atoms with van der Waals surface area (Å²) in [7, 11) is 0. The van der Waals surface area contributed by atoms with Crippen molar-refractivity contribution in [1.29, 1.82) is 0 Å². The zero-order valence-corrected chi connectivity index (χ0v) is 15.0. The highest BCUT2D eigenvalue weighted by Gasteiger charge is 2.22. The van der Waals surface area contributed by atoms with Gasteiger partial charge >= 0.3 is 0 Å². The van der Waals surface area contributed by atoms with E-state index in [0.717, 1.165) is 23.5 Å². The van der Waals surface area contributed by atoms with E-state index in [1.165, 1.54) is 5.56 Å². The van der Waals surface area contributed by atoms with Crippen LogP contribution >= 0.6 is 11.3 Å². The van der Waals surface area contributed by atoms with Crippen molar-refractivity contribution in [3.05, 3.63) is 57.8 Å². The second-order valence-corrected chi connectivity index (χ2v) is 7.32. The van der Waals surface area contributed by atoms with Gasteiger partial charge in [-0.1, -0.05) is 35.9 Å². The summed E-state index contributed by atoms with van der Waals surface area (Å²) in [5.41, 5.74) is 2.34. The molecule has 1 amide bonds. The number of hydrogen-bond donors (Lipinski definition) is 1. The molecule has 4 nitrogen and oxygen atoms in total. The maximum atomic E-state index is 12.6. The van der Waals surface area contributed by atoms with Gasteiger partial charge in [-0.3, -0.25) is 9.69 Å². The number of benzene rings is 1. The molecule has 0 radical (unpaired) electrons. The molecule has 5 heteroatoms. The maximum Gasteiger partial charge on any atom is 0.234 e. The van der Waals surface area contributed by atoms with Gasteiger partial charge in [-0.2, -0.15) is 0 Å². The zero-order valence-electron chi connectivity index (χ0n) is 14.2. The van der Waals surface area contributed by atoms with Crippen LogP contribution in [0.5, 0.6) is 0 Å². The maximum absolute atomic E-state index is 12.6. The summed E-state index contributed by atoms with van der Waals surface area (Å²) in [6.07, 6.45) is 0.191. The third kappa shape index (κ3) is 4.44. The van der Waals surface area contributed by atoms with E-state index in [-0.39, 0.29) is 18.1 Å². The number of thiophene rings is 1. The Kier molecular flexibility index (Phi) is 5.66. The third-order valence-corrected chi connectivity index (χ3v) is 5.17. The van der Waals surface area contributed by atoms with Crippen LogP contribution in [0.25, 0.3) is 0 Å². The third-order valence-electron chi connectivity index (χ3n) is 4.24. The zero-order chi connectivity index (χ0) is 16.9. The van der Waals surface area contributed by atoms with Crippen molar-refractivity contribution in [3.63, 3.8) is 0 Å². The van der Waals surface area contributed by atoms with Gasteiger partial charge in [0.15, 0.2) is 0 Å². The smallest absolute Gasteiger partial charge is 0.234 e. The molecule has 0 aliphatic carbocycles. The first kappa shape index (κ1) is 17.1. The van der Waals surface area contributed by atoms with Crippen LogP contribution in [0.2, 0.25) is 0 Å². The van der Waals surface area contributed by atoms with Crippen molar-refractivity contribution in [1.82, 2.24) is 10.2 Å². The van der Waals surface area contributed by atoms with Crippen molar-refractivity contribution < 1.29 is 9.53 Å². The summed E-state index contributed by atoms with van der Waals surface area (Å²) in [6, 6.07) is 12.4. The summed E-state index contributed by atoms with van der Waals surface area (Å²) in [5, 5.41) is 5.25. The second-order valence-electron chi connectivity index (χ2n) is 6.34. The molecular formula is C19H24N2O2S. The van der Waals surface area contributed by atoms with E-state index in [1.54, 1.807) is 11.3 Å². The highest BCUT2D eigenvalue weighted by atomic mass is 32.1. The van der Waals surface area contributed by atoms with Crippen molar-refractivity contribution in [2.45, 2.75) is 26.0 Å². The van der Waals surface area contributed by atoms with Crippen LogP contribution in [0.1, 0.15) is 29.0 Å². The monoisotopic (exact) mass is 344 g/mol. The number of hydrogen-bond acceptors (Lipinski definition) is 4. The molecule has 1 aliphatic heterocycles. The average Bonchev–Trinajstić information content (AvgIpc) is 3.08. The lowest BCUT2D eigenvalue weighted by molar-refractivity contribution is -0.124. The lowest BCUT2D eigenvalue weighted by atomic mass is 10.0. The van der Waals surface area contributed by atoms with Crippen LogP contribution in [0.15, 0.2) is 41.8 Å². The number of carbonyl (C=O) groups excluding carboxylic acids is 1. The minimum absolute atomic E-state index is 0.0584. The molecular weight excluding hydrogens is 320 g/mol. The number of amides is 1. The van der Waals surface area contributed by atoms with Crippen molar-refractivity contribution in [2.75, 3.05) is 26.2 Å². The lowest BCUT2D eigenvalue weighted by Crippen LogP contribution is -2.46. The number of aryl methyl sites for hydroxylation is 1. The lowest BCUT2D eigenvalue weighted by Gasteiger charge is -2.31.